The van der Waals surface area contributed by atoms with Gasteiger partial charge in [-0.3, -0.25) is 9.48 Å². The number of piperidine rings is 1. The SMILES string of the molecule is CCn1nc(C(=O)NC[C@H]2CC[C@H](S(C)(=O)=O)CN2)c(Cl)c1-c1ccc(CC(C)(C)C(F)(F)F)cc1OC(F)F. The molecule has 1 amide bonds. The van der Waals surface area contributed by atoms with Crippen LogP contribution in [0.3, 0.4) is 0 Å². The molecule has 2 N–H and O–H groups in total. The molecule has 1 saturated heterocycles. The molecule has 1 aliphatic rings. The Kier molecular flexibility index (Phi) is 9.78. The van der Waals surface area contributed by atoms with Crippen molar-refractivity contribution in [1.29, 1.82) is 0 Å². The van der Waals surface area contributed by atoms with Gasteiger partial charge in [-0.05, 0) is 43.9 Å². The maximum Gasteiger partial charge on any atom is 0.394 e. The smallest absolute Gasteiger partial charge is 0.394 e. The van der Waals surface area contributed by atoms with Crippen molar-refractivity contribution in [3.05, 3.63) is 34.5 Å². The van der Waals surface area contributed by atoms with Crippen molar-refractivity contribution in [2.45, 2.75) is 70.7 Å². The van der Waals surface area contributed by atoms with E-state index in [2.05, 4.69) is 20.5 Å². The molecule has 40 heavy (non-hydrogen) atoms. The predicted molar refractivity (Wildman–Crippen MR) is 141 cm³/mol. The highest BCUT2D eigenvalue weighted by Gasteiger charge is 2.47. The summed E-state index contributed by atoms with van der Waals surface area (Å²) in [6, 6.07) is 3.62. The van der Waals surface area contributed by atoms with Gasteiger partial charge in [0, 0.05) is 37.5 Å². The monoisotopic (exact) mass is 614 g/mol. The Bertz CT molecular complexity index is 1320. The molecule has 0 unspecified atom stereocenters. The Hall–Kier alpha value is -2.45. The number of ether oxygens (including phenoxy) is 1. The van der Waals surface area contributed by atoms with Gasteiger partial charge in [-0.2, -0.15) is 27.1 Å². The standard InChI is InChI=1S/C25H32ClF5N4O4S/c1-5-35-21(17-9-6-14(10-18(17)39-23(27)28)11-24(2,3)25(29,30)31)19(26)20(34-35)22(36)33-12-15-7-8-16(13-32-15)40(4,37)38/h6,9-10,15-16,23,32H,5,7-8,11-13H2,1-4H3,(H,33,36)/t15-,16+/m1/s1. The molecule has 0 radical (unpaired) electrons. The third kappa shape index (κ3) is 7.43. The molecule has 2 heterocycles. The highest BCUT2D eigenvalue weighted by atomic mass is 35.5. The van der Waals surface area contributed by atoms with Gasteiger partial charge < -0.3 is 15.4 Å². The number of aryl methyl sites for hydroxylation is 1. The van der Waals surface area contributed by atoms with E-state index < -0.39 is 51.4 Å². The van der Waals surface area contributed by atoms with Crippen LogP contribution in [-0.4, -0.2) is 67.5 Å². The highest BCUT2D eigenvalue weighted by Crippen LogP contribution is 2.43. The van der Waals surface area contributed by atoms with Crippen molar-refractivity contribution in [2.75, 3.05) is 19.3 Å². The minimum atomic E-state index is -4.52. The summed E-state index contributed by atoms with van der Waals surface area (Å²) >= 11 is 6.52. The van der Waals surface area contributed by atoms with Gasteiger partial charge in [0.2, 0.25) is 0 Å². The second kappa shape index (κ2) is 12.2. The summed E-state index contributed by atoms with van der Waals surface area (Å²) in [5.74, 6) is -1.04. The number of hydrogen-bond acceptors (Lipinski definition) is 6. The lowest BCUT2D eigenvalue weighted by Gasteiger charge is -2.28. The average molecular weight is 615 g/mol. The molecule has 0 spiro atoms. The highest BCUT2D eigenvalue weighted by molar-refractivity contribution is 7.91. The van der Waals surface area contributed by atoms with Crippen LogP contribution < -0.4 is 15.4 Å². The molecular formula is C25H32ClF5N4O4S. The van der Waals surface area contributed by atoms with Gasteiger partial charge in [0.25, 0.3) is 5.91 Å². The van der Waals surface area contributed by atoms with Crippen LogP contribution in [0.25, 0.3) is 11.3 Å². The molecular weight excluding hydrogens is 583 g/mol. The number of nitrogens with one attached hydrogen (secondary N) is 2. The maximum absolute atomic E-state index is 13.4. The Morgan fingerprint density at radius 2 is 1.95 bits per heavy atom. The van der Waals surface area contributed by atoms with Crippen LogP contribution >= 0.6 is 11.6 Å². The van der Waals surface area contributed by atoms with E-state index in [0.717, 1.165) is 19.9 Å². The molecule has 15 heteroatoms. The van der Waals surface area contributed by atoms with E-state index in [9.17, 15) is 35.2 Å². The van der Waals surface area contributed by atoms with Crippen LogP contribution in [0.4, 0.5) is 22.0 Å². The molecule has 2 aromatic rings. The molecule has 1 fully saturated rings. The second-order valence-corrected chi connectivity index (χ2v) is 13.1. The topological polar surface area (TPSA) is 102 Å². The summed E-state index contributed by atoms with van der Waals surface area (Å²) in [5, 5.41) is 9.39. The fourth-order valence-electron chi connectivity index (χ4n) is 4.48. The van der Waals surface area contributed by atoms with Crippen LogP contribution in [0, 0.1) is 5.41 Å². The van der Waals surface area contributed by atoms with Crippen LogP contribution in [0.1, 0.15) is 49.7 Å². The van der Waals surface area contributed by atoms with Crippen LogP contribution in [0.15, 0.2) is 18.2 Å². The maximum atomic E-state index is 13.4. The number of amides is 1. The third-order valence-electron chi connectivity index (χ3n) is 6.93. The number of carbonyl (C=O) groups excluding carboxylic acids is 1. The summed E-state index contributed by atoms with van der Waals surface area (Å²) in [4.78, 5) is 13.0. The van der Waals surface area contributed by atoms with Gasteiger partial charge >= 0.3 is 12.8 Å². The molecule has 8 nitrogen and oxygen atoms in total. The average Bonchev–Trinajstić information content (AvgIpc) is 3.17. The minimum absolute atomic E-state index is 0.0352. The fraction of sp³-hybridized carbons (Fsp3) is 0.600. The fourth-order valence-corrected chi connectivity index (χ4v) is 5.76. The first kappa shape index (κ1) is 32.1. The van der Waals surface area contributed by atoms with Gasteiger partial charge in [0.15, 0.2) is 15.5 Å². The number of alkyl halides is 5. The lowest BCUT2D eigenvalue weighted by atomic mass is 9.84. The number of hydrogen-bond donors (Lipinski definition) is 2. The Morgan fingerprint density at radius 3 is 2.48 bits per heavy atom. The van der Waals surface area contributed by atoms with Crippen LogP contribution in [0.2, 0.25) is 5.02 Å². The first-order valence-electron chi connectivity index (χ1n) is 12.6. The van der Waals surface area contributed by atoms with Crippen molar-refractivity contribution in [2.24, 2.45) is 5.41 Å². The van der Waals surface area contributed by atoms with Crippen molar-refractivity contribution in [3.63, 3.8) is 0 Å². The van der Waals surface area contributed by atoms with E-state index in [0.29, 0.717) is 12.8 Å². The molecule has 224 valence electrons. The number of halogens is 6. The number of rotatable bonds is 10. The summed E-state index contributed by atoms with van der Waals surface area (Å²) in [6.07, 6.45) is -2.86. The Labute approximate surface area is 234 Å². The number of carbonyl (C=O) groups is 1. The predicted octanol–water partition coefficient (Wildman–Crippen LogP) is 4.85. The van der Waals surface area contributed by atoms with E-state index in [-0.39, 0.29) is 53.2 Å². The zero-order valence-electron chi connectivity index (χ0n) is 22.4. The van der Waals surface area contributed by atoms with E-state index in [1.54, 1.807) is 6.92 Å². The van der Waals surface area contributed by atoms with E-state index in [4.69, 9.17) is 11.6 Å². The minimum Gasteiger partial charge on any atom is -0.434 e. The van der Waals surface area contributed by atoms with Crippen molar-refractivity contribution < 1.29 is 39.9 Å². The summed E-state index contributed by atoms with van der Waals surface area (Å²) in [7, 11) is -3.18. The molecule has 1 aromatic heterocycles. The van der Waals surface area contributed by atoms with Gasteiger partial charge in [0.05, 0.1) is 21.4 Å². The number of sulfone groups is 1. The number of benzene rings is 1. The van der Waals surface area contributed by atoms with E-state index in [1.165, 1.54) is 23.1 Å². The zero-order chi connectivity index (χ0) is 30.0. The normalized spacial score (nSPS) is 18.7. The van der Waals surface area contributed by atoms with E-state index in [1.807, 2.05) is 0 Å². The molecule has 0 bridgehead atoms. The van der Waals surface area contributed by atoms with E-state index >= 15 is 0 Å². The quantitative estimate of drug-likeness (QED) is 0.371. The molecule has 1 aliphatic heterocycles. The summed E-state index contributed by atoms with van der Waals surface area (Å²) in [5.41, 5.74) is -2.04. The second-order valence-electron chi connectivity index (χ2n) is 10.4. The van der Waals surface area contributed by atoms with Crippen LogP contribution in [0.5, 0.6) is 5.75 Å². The summed E-state index contributed by atoms with van der Waals surface area (Å²) in [6.45, 7) is 1.06. The molecule has 3 rings (SSSR count). The van der Waals surface area contributed by atoms with Gasteiger partial charge in [-0.25, -0.2) is 8.42 Å². The molecule has 0 aliphatic carbocycles. The number of nitrogens with zero attached hydrogens (tertiary/aromatic N) is 2. The Balaban J connectivity index is 1.86. The number of aromatic nitrogens is 2. The first-order valence-corrected chi connectivity index (χ1v) is 14.9. The van der Waals surface area contributed by atoms with Gasteiger partial charge in [0.1, 0.15) is 5.75 Å². The zero-order valence-corrected chi connectivity index (χ0v) is 24.0. The Morgan fingerprint density at radius 1 is 1.27 bits per heavy atom. The summed E-state index contributed by atoms with van der Waals surface area (Å²) < 4.78 is 96.2. The largest absolute Gasteiger partial charge is 0.434 e. The lowest BCUT2D eigenvalue weighted by Crippen LogP contribution is -2.49. The van der Waals surface area contributed by atoms with Crippen molar-refractivity contribution in [1.82, 2.24) is 20.4 Å². The molecule has 0 saturated carbocycles. The lowest BCUT2D eigenvalue weighted by molar-refractivity contribution is -0.211. The molecule has 2 atom stereocenters. The first-order chi connectivity index (χ1) is 18.4. The van der Waals surface area contributed by atoms with Gasteiger partial charge in [-0.1, -0.05) is 31.5 Å². The van der Waals surface area contributed by atoms with Crippen molar-refractivity contribution in [3.8, 4) is 17.0 Å². The molecule has 1 aromatic carbocycles. The van der Waals surface area contributed by atoms with Gasteiger partial charge in [-0.15, -0.1) is 0 Å². The van der Waals surface area contributed by atoms with Crippen LogP contribution in [-0.2, 0) is 22.8 Å². The van der Waals surface area contributed by atoms with Crippen molar-refractivity contribution >= 4 is 27.3 Å². The third-order valence-corrected chi connectivity index (χ3v) is 8.90.